The predicted octanol–water partition coefficient (Wildman–Crippen LogP) is 3.25. The zero-order chi connectivity index (χ0) is 9.42. The maximum atomic E-state index is 5.94. The average Bonchev–Trinajstić information content (AvgIpc) is 2.09. The van der Waals surface area contributed by atoms with Crippen LogP contribution in [0.25, 0.3) is 10.9 Å². The summed E-state index contributed by atoms with van der Waals surface area (Å²) in [6, 6.07) is 3.68. The van der Waals surface area contributed by atoms with Crippen LogP contribution in [0.5, 0.6) is 0 Å². The van der Waals surface area contributed by atoms with E-state index in [-0.39, 0.29) is 0 Å². The van der Waals surface area contributed by atoms with Crippen LogP contribution in [0.1, 0.15) is 5.56 Å². The fraction of sp³-hybridized carbons (Fsp3) is 0.111. The molecule has 0 aliphatic heterocycles. The molecule has 0 aliphatic carbocycles. The zero-order valence-electron chi connectivity index (χ0n) is 6.88. The Morgan fingerprint density at radius 3 is 2.69 bits per heavy atom. The third-order valence-electron chi connectivity index (χ3n) is 1.87. The monoisotopic (exact) mass is 212 g/mol. The van der Waals surface area contributed by atoms with Crippen LogP contribution in [-0.4, -0.2) is 10.2 Å². The van der Waals surface area contributed by atoms with Crippen LogP contribution in [0.2, 0.25) is 10.0 Å². The molecular formula is C9H6Cl2N2. The molecule has 0 amide bonds. The van der Waals surface area contributed by atoms with Gasteiger partial charge in [0.2, 0.25) is 0 Å². The predicted molar refractivity (Wildman–Crippen MR) is 54.3 cm³/mol. The van der Waals surface area contributed by atoms with E-state index in [1.165, 1.54) is 6.20 Å². The van der Waals surface area contributed by atoms with E-state index in [1.807, 2.05) is 13.0 Å². The second-order valence-electron chi connectivity index (χ2n) is 2.81. The summed E-state index contributed by atoms with van der Waals surface area (Å²) in [5, 5.41) is 9.84. The Bertz CT molecular complexity index is 468. The molecule has 0 unspecified atom stereocenters. The molecule has 66 valence electrons. The summed E-state index contributed by atoms with van der Waals surface area (Å²) >= 11 is 11.9. The van der Waals surface area contributed by atoms with Crippen molar-refractivity contribution in [3.8, 4) is 0 Å². The van der Waals surface area contributed by atoms with Crippen molar-refractivity contribution in [3.05, 3.63) is 33.9 Å². The lowest BCUT2D eigenvalue weighted by Crippen LogP contribution is -1.85. The number of hydrogen-bond donors (Lipinski definition) is 0. The molecule has 0 bridgehead atoms. The smallest absolute Gasteiger partial charge is 0.0959 e. The summed E-state index contributed by atoms with van der Waals surface area (Å²) in [5.74, 6) is 0. The highest BCUT2D eigenvalue weighted by Crippen LogP contribution is 2.26. The van der Waals surface area contributed by atoms with Crippen molar-refractivity contribution in [2.75, 3.05) is 0 Å². The standard InChI is InChI=1S/C9H6Cl2N2/c1-5-2-6-8(11)4-12-13-9(6)3-7(5)10/h2-4H,1H3. The molecule has 2 nitrogen and oxygen atoms in total. The molecule has 0 N–H and O–H groups in total. The van der Waals surface area contributed by atoms with E-state index < -0.39 is 0 Å². The second-order valence-corrected chi connectivity index (χ2v) is 3.63. The molecule has 4 heteroatoms. The minimum atomic E-state index is 0.602. The van der Waals surface area contributed by atoms with Gasteiger partial charge in [-0.05, 0) is 24.6 Å². The Balaban J connectivity index is 2.89. The number of halogens is 2. The van der Waals surface area contributed by atoms with Crippen LogP contribution in [0.15, 0.2) is 18.3 Å². The van der Waals surface area contributed by atoms with Crippen LogP contribution in [0.4, 0.5) is 0 Å². The molecule has 0 spiro atoms. The Hall–Kier alpha value is -0.860. The van der Waals surface area contributed by atoms with Gasteiger partial charge in [0.1, 0.15) is 0 Å². The Kier molecular flexibility index (Phi) is 2.10. The van der Waals surface area contributed by atoms with E-state index in [2.05, 4.69) is 10.2 Å². The van der Waals surface area contributed by atoms with Crippen molar-refractivity contribution in [3.63, 3.8) is 0 Å². The fourth-order valence-corrected chi connectivity index (χ4v) is 1.51. The molecule has 0 fully saturated rings. The molecule has 2 aromatic rings. The van der Waals surface area contributed by atoms with E-state index >= 15 is 0 Å². The highest BCUT2D eigenvalue weighted by atomic mass is 35.5. The van der Waals surface area contributed by atoms with Gasteiger partial charge in [-0.3, -0.25) is 0 Å². The molecular weight excluding hydrogens is 207 g/mol. The van der Waals surface area contributed by atoms with Gasteiger partial charge in [0.25, 0.3) is 0 Å². The third-order valence-corrected chi connectivity index (χ3v) is 2.58. The Morgan fingerprint density at radius 2 is 1.92 bits per heavy atom. The highest BCUT2D eigenvalue weighted by Gasteiger charge is 2.03. The summed E-state index contributed by atoms with van der Waals surface area (Å²) < 4.78 is 0. The molecule has 0 atom stereocenters. The second kappa shape index (κ2) is 3.13. The number of aromatic nitrogens is 2. The lowest BCUT2D eigenvalue weighted by Gasteiger charge is -2.01. The molecule has 0 saturated carbocycles. The number of nitrogens with zero attached hydrogens (tertiary/aromatic N) is 2. The Labute approximate surface area is 85.5 Å². The van der Waals surface area contributed by atoms with Crippen molar-refractivity contribution in [2.45, 2.75) is 6.92 Å². The van der Waals surface area contributed by atoms with Gasteiger partial charge in [-0.25, -0.2) is 0 Å². The van der Waals surface area contributed by atoms with E-state index in [1.54, 1.807) is 6.07 Å². The van der Waals surface area contributed by atoms with Crippen molar-refractivity contribution < 1.29 is 0 Å². The van der Waals surface area contributed by atoms with Crippen molar-refractivity contribution in [1.82, 2.24) is 10.2 Å². The first-order valence-corrected chi connectivity index (χ1v) is 4.51. The quantitative estimate of drug-likeness (QED) is 0.671. The van der Waals surface area contributed by atoms with E-state index in [0.29, 0.717) is 10.0 Å². The summed E-state index contributed by atoms with van der Waals surface area (Å²) in [5.41, 5.74) is 1.71. The first-order valence-electron chi connectivity index (χ1n) is 3.75. The molecule has 0 saturated heterocycles. The third kappa shape index (κ3) is 1.47. The number of rotatable bonds is 0. The lowest BCUT2D eigenvalue weighted by atomic mass is 10.1. The average molecular weight is 213 g/mol. The first-order chi connectivity index (χ1) is 6.18. The van der Waals surface area contributed by atoms with Crippen molar-refractivity contribution >= 4 is 34.1 Å². The fourth-order valence-electron chi connectivity index (χ4n) is 1.16. The van der Waals surface area contributed by atoms with Gasteiger partial charge >= 0.3 is 0 Å². The molecule has 1 heterocycles. The number of hydrogen-bond acceptors (Lipinski definition) is 2. The van der Waals surface area contributed by atoms with Crippen LogP contribution < -0.4 is 0 Å². The van der Waals surface area contributed by atoms with Gasteiger partial charge < -0.3 is 0 Å². The largest absolute Gasteiger partial charge is 0.157 e. The van der Waals surface area contributed by atoms with Crippen LogP contribution in [0.3, 0.4) is 0 Å². The zero-order valence-corrected chi connectivity index (χ0v) is 8.39. The maximum Gasteiger partial charge on any atom is 0.0959 e. The van der Waals surface area contributed by atoms with Gasteiger partial charge in [0.05, 0.1) is 16.7 Å². The summed E-state index contributed by atoms with van der Waals surface area (Å²) in [6.07, 6.45) is 1.53. The van der Waals surface area contributed by atoms with Gasteiger partial charge in [-0.15, -0.1) is 0 Å². The van der Waals surface area contributed by atoms with Gasteiger partial charge in [0, 0.05) is 10.4 Å². The van der Waals surface area contributed by atoms with Crippen LogP contribution in [-0.2, 0) is 0 Å². The molecule has 13 heavy (non-hydrogen) atoms. The number of benzene rings is 1. The van der Waals surface area contributed by atoms with E-state index in [9.17, 15) is 0 Å². The first kappa shape index (κ1) is 8.73. The highest BCUT2D eigenvalue weighted by molar-refractivity contribution is 6.36. The molecule has 2 rings (SSSR count). The summed E-state index contributed by atoms with van der Waals surface area (Å²) in [7, 11) is 0. The Morgan fingerprint density at radius 1 is 1.15 bits per heavy atom. The van der Waals surface area contributed by atoms with Gasteiger partial charge in [-0.1, -0.05) is 23.2 Å². The molecule has 1 aromatic carbocycles. The summed E-state index contributed by atoms with van der Waals surface area (Å²) in [6.45, 7) is 1.93. The van der Waals surface area contributed by atoms with Crippen molar-refractivity contribution in [2.24, 2.45) is 0 Å². The topological polar surface area (TPSA) is 25.8 Å². The SMILES string of the molecule is Cc1cc2c(Cl)cnnc2cc1Cl. The van der Waals surface area contributed by atoms with E-state index in [0.717, 1.165) is 16.5 Å². The lowest BCUT2D eigenvalue weighted by molar-refractivity contribution is 1.08. The van der Waals surface area contributed by atoms with Crippen molar-refractivity contribution in [1.29, 1.82) is 0 Å². The molecule has 0 radical (unpaired) electrons. The van der Waals surface area contributed by atoms with Gasteiger partial charge in [-0.2, -0.15) is 10.2 Å². The van der Waals surface area contributed by atoms with Crippen LogP contribution in [0, 0.1) is 6.92 Å². The normalized spacial score (nSPS) is 10.7. The minimum Gasteiger partial charge on any atom is -0.157 e. The minimum absolute atomic E-state index is 0.602. The number of aryl methyl sites for hydroxylation is 1. The maximum absolute atomic E-state index is 5.94. The molecule has 1 aromatic heterocycles. The number of fused-ring (bicyclic) bond motifs is 1. The van der Waals surface area contributed by atoms with Crippen LogP contribution >= 0.6 is 23.2 Å². The summed E-state index contributed by atoms with van der Waals surface area (Å²) in [4.78, 5) is 0. The van der Waals surface area contributed by atoms with E-state index in [4.69, 9.17) is 23.2 Å². The molecule has 0 aliphatic rings. The van der Waals surface area contributed by atoms with Gasteiger partial charge in [0.15, 0.2) is 0 Å².